The molecule has 0 aliphatic carbocycles. The van der Waals surface area contributed by atoms with Gasteiger partial charge in [-0.15, -0.1) is 0 Å². The van der Waals surface area contributed by atoms with Crippen LogP contribution in [0, 0.1) is 0 Å². The second kappa shape index (κ2) is 25.8. The molecule has 0 radical (unpaired) electrons. The van der Waals surface area contributed by atoms with Crippen LogP contribution in [0.3, 0.4) is 0 Å². The number of carbonyl (C=O) groups is 2. The van der Waals surface area contributed by atoms with Crippen LogP contribution in [0.15, 0.2) is 84.9 Å². The molecule has 0 saturated carbocycles. The molecule has 0 aliphatic rings. The fourth-order valence-electron chi connectivity index (χ4n) is 5.67. The molecular formula is C45H60O5. The van der Waals surface area contributed by atoms with Crippen LogP contribution in [0.25, 0.3) is 12.2 Å². The number of allylic oxidation sites excluding steroid dienone is 1. The van der Waals surface area contributed by atoms with Gasteiger partial charge in [-0.2, -0.15) is 0 Å². The average Bonchev–Trinajstić information content (AvgIpc) is 3.14. The third-order valence-corrected chi connectivity index (χ3v) is 8.72. The summed E-state index contributed by atoms with van der Waals surface area (Å²) in [4.78, 5) is 25.3. The van der Waals surface area contributed by atoms with E-state index in [1.165, 1.54) is 95.6 Å². The fourth-order valence-corrected chi connectivity index (χ4v) is 5.67. The van der Waals surface area contributed by atoms with Crippen molar-refractivity contribution in [3.8, 4) is 17.2 Å². The highest BCUT2D eigenvalue weighted by molar-refractivity contribution is 6.07. The third-order valence-electron chi connectivity index (χ3n) is 8.72. The van der Waals surface area contributed by atoms with Gasteiger partial charge < -0.3 is 14.2 Å². The van der Waals surface area contributed by atoms with E-state index >= 15 is 0 Å². The normalized spacial score (nSPS) is 11.3. The number of hydrogen-bond acceptors (Lipinski definition) is 5. The van der Waals surface area contributed by atoms with Crippen molar-refractivity contribution in [2.75, 3.05) is 13.2 Å². The van der Waals surface area contributed by atoms with E-state index in [2.05, 4.69) is 13.8 Å². The van der Waals surface area contributed by atoms with E-state index in [0.29, 0.717) is 17.9 Å². The second-order valence-corrected chi connectivity index (χ2v) is 13.1. The van der Waals surface area contributed by atoms with Gasteiger partial charge in [-0.1, -0.05) is 153 Å². The SMILES string of the molecule is CCCCCCCCCCCCCCCCOc1ccc(/C=C/C(=O)c2cccc(OC(=O)/C=C/c3ccc(OCCCCC)cc3)c2)cc1. The Bertz CT molecular complexity index is 1400. The topological polar surface area (TPSA) is 61.8 Å². The summed E-state index contributed by atoms with van der Waals surface area (Å²) in [5.74, 6) is 1.28. The average molecular weight is 681 g/mol. The first kappa shape index (κ1) is 40.3. The molecule has 3 rings (SSSR count). The minimum atomic E-state index is -0.517. The number of rotatable bonds is 27. The molecule has 3 aromatic carbocycles. The van der Waals surface area contributed by atoms with E-state index in [1.807, 2.05) is 48.5 Å². The van der Waals surface area contributed by atoms with Gasteiger partial charge in [0.25, 0.3) is 0 Å². The smallest absolute Gasteiger partial charge is 0.336 e. The maximum absolute atomic E-state index is 12.9. The van der Waals surface area contributed by atoms with Crippen molar-refractivity contribution in [3.63, 3.8) is 0 Å². The number of ketones is 1. The minimum Gasteiger partial charge on any atom is -0.494 e. The lowest BCUT2D eigenvalue weighted by atomic mass is 10.0. The largest absolute Gasteiger partial charge is 0.494 e. The van der Waals surface area contributed by atoms with E-state index in [9.17, 15) is 9.59 Å². The summed E-state index contributed by atoms with van der Waals surface area (Å²) >= 11 is 0. The molecule has 0 saturated heterocycles. The lowest BCUT2D eigenvalue weighted by Gasteiger charge is -2.07. The van der Waals surface area contributed by atoms with E-state index in [1.54, 1.807) is 36.4 Å². The van der Waals surface area contributed by atoms with Crippen molar-refractivity contribution in [2.45, 2.75) is 123 Å². The molecule has 50 heavy (non-hydrogen) atoms. The predicted octanol–water partition coefficient (Wildman–Crippen LogP) is 12.6. The van der Waals surface area contributed by atoms with Gasteiger partial charge in [0, 0.05) is 11.6 Å². The maximum Gasteiger partial charge on any atom is 0.336 e. The quantitative estimate of drug-likeness (QED) is 0.0264. The zero-order valence-electron chi connectivity index (χ0n) is 30.7. The Labute approximate surface area is 302 Å². The fraction of sp³-hybridized carbons (Fsp3) is 0.467. The molecule has 0 fully saturated rings. The van der Waals surface area contributed by atoms with E-state index in [4.69, 9.17) is 14.2 Å². The van der Waals surface area contributed by atoms with Crippen LogP contribution in [0.1, 0.15) is 144 Å². The molecule has 0 atom stereocenters. The summed E-state index contributed by atoms with van der Waals surface area (Å²) in [6.07, 6.45) is 28.5. The van der Waals surface area contributed by atoms with E-state index in [-0.39, 0.29) is 5.78 Å². The first-order chi connectivity index (χ1) is 24.6. The molecule has 0 bridgehead atoms. The van der Waals surface area contributed by atoms with Gasteiger partial charge in [0.05, 0.1) is 13.2 Å². The predicted molar refractivity (Wildman–Crippen MR) is 208 cm³/mol. The van der Waals surface area contributed by atoms with Crippen LogP contribution in [0.4, 0.5) is 0 Å². The molecule has 0 N–H and O–H groups in total. The molecule has 0 heterocycles. The number of hydrogen-bond donors (Lipinski definition) is 0. The van der Waals surface area contributed by atoms with Crippen LogP contribution in [-0.2, 0) is 4.79 Å². The molecule has 0 spiro atoms. The van der Waals surface area contributed by atoms with E-state index < -0.39 is 5.97 Å². The van der Waals surface area contributed by atoms with Gasteiger partial charge in [0.1, 0.15) is 17.2 Å². The number of unbranched alkanes of at least 4 members (excludes halogenated alkanes) is 15. The van der Waals surface area contributed by atoms with Crippen molar-refractivity contribution >= 4 is 23.9 Å². The van der Waals surface area contributed by atoms with Crippen LogP contribution in [-0.4, -0.2) is 25.0 Å². The Balaban J connectivity index is 1.29. The van der Waals surface area contributed by atoms with Crippen LogP contribution >= 0.6 is 0 Å². The number of ether oxygens (including phenoxy) is 3. The van der Waals surface area contributed by atoms with Crippen LogP contribution < -0.4 is 14.2 Å². The molecule has 0 amide bonds. The second-order valence-electron chi connectivity index (χ2n) is 13.1. The Morgan fingerprint density at radius 2 is 0.940 bits per heavy atom. The summed E-state index contributed by atoms with van der Waals surface area (Å²) < 4.78 is 17.1. The van der Waals surface area contributed by atoms with Crippen LogP contribution in [0.2, 0.25) is 0 Å². The molecule has 0 aliphatic heterocycles. The lowest BCUT2D eigenvalue weighted by molar-refractivity contribution is -0.128. The molecule has 0 aromatic heterocycles. The third kappa shape index (κ3) is 18.0. The maximum atomic E-state index is 12.9. The molecule has 0 unspecified atom stereocenters. The Morgan fingerprint density at radius 1 is 0.500 bits per heavy atom. The highest BCUT2D eigenvalue weighted by atomic mass is 16.5. The van der Waals surface area contributed by atoms with Crippen LogP contribution in [0.5, 0.6) is 17.2 Å². The molecule has 5 nitrogen and oxygen atoms in total. The standard InChI is InChI=1S/C45H60O5/c1-3-5-7-8-9-10-11-12-13-14-15-16-17-19-36-49-42-29-23-38(24-30-42)27-33-44(46)40-21-20-22-43(37-40)50-45(47)34-28-39-25-31-41(32-26-39)48-35-18-6-4-2/h20-34,37H,3-19,35-36H2,1-2H3/b33-27+,34-28+. The molecule has 3 aromatic rings. The first-order valence-corrected chi connectivity index (χ1v) is 19.3. The zero-order valence-corrected chi connectivity index (χ0v) is 30.7. The highest BCUT2D eigenvalue weighted by Crippen LogP contribution is 2.19. The first-order valence-electron chi connectivity index (χ1n) is 19.3. The van der Waals surface area contributed by atoms with Crippen molar-refractivity contribution < 1.29 is 23.8 Å². The van der Waals surface area contributed by atoms with Gasteiger partial charge >= 0.3 is 5.97 Å². The number of benzene rings is 3. The lowest BCUT2D eigenvalue weighted by Crippen LogP contribution is -2.04. The van der Waals surface area contributed by atoms with Crippen molar-refractivity contribution in [2.24, 2.45) is 0 Å². The summed E-state index contributed by atoms with van der Waals surface area (Å²) in [5, 5.41) is 0. The van der Waals surface area contributed by atoms with Gasteiger partial charge in [0.15, 0.2) is 5.78 Å². The Kier molecular flexibility index (Phi) is 20.8. The minimum absolute atomic E-state index is 0.173. The molecule has 270 valence electrons. The summed E-state index contributed by atoms with van der Waals surface area (Å²) in [7, 11) is 0. The molecular weight excluding hydrogens is 620 g/mol. The Morgan fingerprint density at radius 3 is 1.46 bits per heavy atom. The van der Waals surface area contributed by atoms with Gasteiger partial charge in [0.2, 0.25) is 0 Å². The van der Waals surface area contributed by atoms with Crippen molar-refractivity contribution in [1.82, 2.24) is 0 Å². The number of esters is 1. The number of carbonyl (C=O) groups excluding carboxylic acids is 2. The van der Waals surface area contributed by atoms with E-state index in [0.717, 1.165) is 54.9 Å². The molecule has 5 heteroatoms. The monoisotopic (exact) mass is 680 g/mol. The van der Waals surface area contributed by atoms with Gasteiger partial charge in [-0.25, -0.2) is 4.79 Å². The summed E-state index contributed by atoms with van der Waals surface area (Å²) in [6, 6.07) is 22.0. The summed E-state index contributed by atoms with van der Waals surface area (Å²) in [5.41, 5.74) is 2.21. The highest BCUT2D eigenvalue weighted by Gasteiger charge is 2.07. The summed E-state index contributed by atoms with van der Waals surface area (Å²) in [6.45, 7) is 5.87. The Hall–Kier alpha value is -4.12. The van der Waals surface area contributed by atoms with Crippen molar-refractivity contribution in [1.29, 1.82) is 0 Å². The van der Waals surface area contributed by atoms with Crippen molar-refractivity contribution in [3.05, 3.63) is 102 Å². The zero-order chi connectivity index (χ0) is 35.5. The van der Waals surface area contributed by atoms with Gasteiger partial charge in [-0.3, -0.25) is 4.79 Å². The van der Waals surface area contributed by atoms with Gasteiger partial charge in [-0.05, 0) is 72.5 Å².